The van der Waals surface area contributed by atoms with Crippen LogP contribution in [0.3, 0.4) is 0 Å². The van der Waals surface area contributed by atoms with E-state index in [9.17, 15) is 14.4 Å². The molecule has 0 aliphatic carbocycles. The molecule has 1 amide bonds. The number of hydrogen-bond donors (Lipinski definition) is 0. The van der Waals surface area contributed by atoms with Crippen LogP contribution in [0.4, 0.5) is 0 Å². The summed E-state index contributed by atoms with van der Waals surface area (Å²) in [4.78, 5) is 38.5. The fourth-order valence-corrected chi connectivity index (χ4v) is 2.81. The van der Waals surface area contributed by atoms with Crippen molar-refractivity contribution in [2.45, 2.75) is 52.2 Å². The van der Waals surface area contributed by atoms with E-state index < -0.39 is 5.60 Å². The Labute approximate surface area is 142 Å². The third-order valence-corrected chi connectivity index (χ3v) is 4.23. The van der Waals surface area contributed by atoms with Crippen molar-refractivity contribution in [2.24, 2.45) is 13.0 Å². The Bertz CT molecular complexity index is 687. The SMILES string of the molecule is C[C@@H]1CC[C@@H](C(=O)OC(C)(C)C)CN1C(=O)c1ccn(C)c(=O)c1. The van der Waals surface area contributed by atoms with Gasteiger partial charge in [-0.1, -0.05) is 0 Å². The monoisotopic (exact) mass is 334 g/mol. The number of piperidine rings is 1. The van der Waals surface area contributed by atoms with Gasteiger partial charge in [0.25, 0.3) is 11.5 Å². The van der Waals surface area contributed by atoms with Gasteiger partial charge in [-0.3, -0.25) is 14.4 Å². The van der Waals surface area contributed by atoms with E-state index in [1.54, 1.807) is 24.2 Å². The quantitative estimate of drug-likeness (QED) is 0.776. The molecule has 0 unspecified atom stereocenters. The highest BCUT2D eigenvalue weighted by atomic mass is 16.6. The lowest BCUT2D eigenvalue weighted by Gasteiger charge is -2.38. The lowest BCUT2D eigenvalue weighted by molar-refractivity contribution is -0.161. The largest absolute Gasteiger partial charge is 0.460 e. The molecule has 0 saturated carbocycles. The number of carbonyl (C=O) groups excluding carboxylic acids is 2. The van der Waals surface area contributed by atoms with E-state index in [2.05, 4.69) is 0 Å². The maximum Gasteiger partial charge on any atom is 0.311 e. The van der Waals surface area contributed by atoms with Crippen LogP contribution >= 0.6 is 0 Å². The highest BCUT2D eigenvalue weighted by Gasteiger charge is 2.35. The Hall–Kier alpha value is -2.11. The summed E-state index contributed by atoms with van der Waals surface area (Å²) in [6, 6.07) is 3.00. The topological polar surface area (TPSA) is 68.6 Å². The van der Waals surface area contributed by atoms with Crippen molar-refractivity contribution in [1.29, 1.82) is 0 Å². The van der Waals surface area contributed by atoms with E-state index in [1.807, 2.05) is 27.7 Å². The van der Waals surface area contributed by atoms with Crippen LogP contribution in [0.2, 0.25) is 0 Å². The molecule has 2 atom stereocenters. The molecule has 1 aromatic rings. The smallest absolute Gasteiger partial charge is 0.311 e. The second kappa shape index (κ2) is 6.79. The van der Waals surface area contributed by atoms with Gasteiger partial charge in [0.15, 0.2) is 0 Å². The Kier molecular flexibility index (Phi) is 5.16. The van der Waals surface area contributed by atoms with Crippen LogP contribution in [0.15, 0.2) is 23.1 Å². The zero-order valence-corrected chi connectivity index (χ0v) is 15.0. The van der Waals surface area contributed by atoms with E-state index in [1.165, 1.54) is 10.6 Å². The molecular formula is C18H26N2O4. The molecule has 2 rings (SSSR count). The Balaban J connectivity index is 2.15. The summed E-state index contributed by atoms with van der Waals surface area (Å²) in [5, 5.41) is 0. The number of carbonyl (C=O) groups is 2. The number of aryl methyl sites for hydroxylation is 1. The van der Waals surface area contributed by atoms with Gasteiger partial charge >= 0.3 is 5.97 Å². The molecule has 1 saturated heterocycles. The highest BCUT2D eigenvalue weighted by molar-refractivity contribution is 5.94. The summed E-state index contributed by atoms with van der Waals surface area (Å²) in [7, 11) is 1.64. The van der Waals surface area contributed by atoms with Gasteiger partial charge in [-0.15, -0.1) is 0 Å². The lowest BCUT2D eigenvalue weighted by Crippen LogP contribution is -2.48. The molecule has 2 heterocycles. The van der Waals surface area contributed by atoms with Crippen LogP contribution in [0.1, 0.15) is 50.9 Å². The molecule has 0 bridgehead atoms. The van der Waals surface area contributed by atoms with Gasteiger partial charge in [-0.2, -0.15) is 0 Å². The van der Waals surface area contributed by atoms with Gasteiger partial charge in [0.05, 0.1) is 5.92 Å². The Morgan fingerprint density at radius 3 is 2.50 bits per heavy atom. The van der Waals surface area contributed by atoms with E-state index in [0.717, 1.165) is 6.42 Å². The third-order valence-electron chi connectivity index (χ3n) is 4.23. The van der Waals surface area contributed by atoms with Crippen LogP contribution < -0.4 is 5.56 Å². The minimum atomic E-state index is -0.541. The maximum absolute atomic E-state index is 12.8. The minimum absolute atomic E-state index is 0.0280. The summed E-state index contributed by atoms with van der Waals surface area (Å²) in [5.74, 6) is -0.805. The van der Waals surface area contributed by atoms with Gasteiger partial charge < -0.3 is 14.2 Å². The summed E-state index contributed by atoms with van der Waals surface area (Å²) < 4.78 is 6.87. The summed E-state index contributed by atoms with van der Waals surface area (Å²) >= 11 is 0. The standard InChI is InChI=1S/C18H26N2O4/c1-12-6-7-14(17(23)24-18(2,3)4)11-20(12)16(22)13-8-9-19(5)15(21)10-13/h8-10,12,14H,6-7,11H2,1-5H3/t12-,14-/m1/s1. The van der Waals surface area contributed by atoms with Crippen LogP contribution in [-0.2, 0) is 16.6 Å². The van der Waals surface area contributed by atoms with Crippen molar-refractivity contribution in [2.75, 3.05) is 6.54 Å². The third kappa shape index (κ3) is 4.24. The predicted molar refractivity (Wildman–Crippen MR) is 90.8 cm³/mol. The molecule has 0 spiro atoms. The molecule has 1 fully saturated rings. The number of aromatic nitrogens is 1. The van der Waals surface area contributed by atoms with Crippen LogP contribution in [0.5, 0.6) is 0 Å². The summed E-state index contributed by atoms with van der Waals surface area (Å²) in [5.41, 5.74) is -0.412. The Morgan fingerprint density at radius 2 is 1.92 bits per heavy atom. The molecule has 0 aromatic carbocycles. The first-order valence-electron chi connectivity index (χ1n) is 8.29. The number of amides is 1. The number of likely N-dealkylation sites (tertiary alicyclic amines) is 1. The molecule has 0 radical (unpaired) electrons. The summed E-state index contributed by atoms with van der Waals surface area (Å²) in [6.45, 7) is 7.78. The predicted octanol–water partition coefficient (Wildman–Crippen LogP) is 1.97. The summed E-state index contributed by atoms with van der Waals surface area (Å²) in [6.07, 6.45) is 3.02. The fourth-order valence-electron chi connectivity index (χ4n) is 2.81. The minimum Gasteiger partial charge on any atom is -0.460 e. The fraction of sp³-hybridized carbons (Fsp3) is 0.611. The number of hydrogen-bond acceptors (Lipinski definition) is 4. The second-order valence-corrected chi connectivity index (χ2v) is 7.48. The first-order valence-corrected chi connectivity index (χ1v) is 8.29. The second-order valence-electron chi connectivity index (χ2n) is 7.48. The van der Waals surface area contributed by atoms with Gasteiger partial charge in [0.2, 0.25) is 0 Å². The molecular weight excluding hydrogens is 308 g/mol. The molecule has 1 aromatic heterocycles. The van der Waals surface area contributed by atoms with Gasteiger partial charge in [-0.25, -0.2) is 0 Å². The van der Waals surface area contributed by atoms with Crippen LogP contribution in [-0.4, -0.2) is 39.5 Å². The number of pyridine rings is 1. The van der Waals surface area contributed by atoms with E-state index >= 15 is 0 Å². The first kappa shape index (κ1) is 18.2. The highest BCUT2D eigenvalue weighted by Crippen LogP contribution is 2.26. The van der Waals surface area contributed by atoms with Gasteiger partial charge in [0.1, 0.15) is 5.60 Å². The van der Waals surface area contributed by atoms with Crippen molar-refractivity contribution in [3.63, 3.8) is 0 Å². The average Bonchev–Trinajstić information content (AvgIpc) is 2.48. The van der Waals surface area contributed by atoms with Crippen molar-refractivity contribution in [1.82, 2.24) is 9.47 Å². The Morgan fingerprint density at radius 1 is 1.25 bits per heavy atom. The zero-order valence-electron chi connectivity index (χ0n) is 15.0. The van der Waals surface area contributed by atoms with Crippen molar-refractivity contribution in [3.05, 3.63) is 34.2 Å². The molecule has 132 valence electrons. The number of esters is 1. The molecule has 1 aliphatic rings. The maximum atomic E-state index is 12.8. The number of ether oxygens (including phenoxy) is 1. The van der Waals surface area contributed by atoms with Crippen molar-refractivity contribution in [3.8, 4) is 0 Å². The average molecular weight is 334 g/mol. The lowest BCUT2D eigenvalue weighted by atomic mass is 9.92. The van der Waals surface area contributed by atoms with E-state index in [-0.39, 0.29) is 29.4 Å². The number of nitrogens with zero attached hydrogens (tertiary/aromatic N) is 2. The van der Waals surface area contributed by atoms with Gasteiger partial charge in [-0.05, 0) is 46.6 Å². The van der Waals surface area contributed by atoms with Gasteiger partial charge in [0, 0.05) is 37.5 Å². The molecule has 0 N–H and O–H groups in total. The molecule has 24 heavy (non-hydrogen) atoms. The van der Waals surface area contributed by atoms with Crippen LogP contribution in [0.25, 0.3) is 0 Å². The van der Waals surface area contributed by atoms with E-state index in [0.29, 0.717) is 18.5 Å². The molecule has 6 heteroatoms. The van der Waals surface area contributed by atoms with Crippen molar-refractivity contribution < 1.29 is 14.3 Å². The molecule has 1 aliphatic heterocycles. The zero-order chi connectivity index (χ0) is 18.1. The number of rotatable bonds is 2. The normalized spacial score (nSPS) is 21.5. The van der Waals surface area contributed by atoms with Crippen LogP contribution in [0, 0.1) is 5.92 Å². The molecule has 6 nitrogen and oxygen atoms in total. The first-order chi connectivity index (χ1) is 11.1. The van der Waals surface area contributed by atoms with Crippen molar-refractivity contribution >= 4 is 11.9 Å². The van der Waals surface area contributed by atoms with E-state index in [4.69, 9.17) is 4.74 Å².